The summed E-state index contributed by atoms with van der Waals surface area (Å²) in [7, 11) is 0. The van der Waals surface area contributed by atoms with Crippen molar-refractivity contribution in [2.75, 3.05) is 18.0 Å². The fourth-order valence-corrected chi connectivity index (χ4v) is 1.73. The van der Waals surface area contributed by atoms with Gasteiger partial charge in [-0.1, -0.05) is 12.1 Å². The standard InChI is InChI=1S/C13H20N2O/c1-4-12(14)11-8-7-10(9-13(11)16)15(5-2)6-3/h4,7-9,12,16H,1,5-6,14H2,2-3H3/t12-/m1/s1. The molecule has 16 heavy (non-hydrogen) atoms. The number of nitrogens with zero attached hydrogens (tertiary/aromatic N) is 1. The number of rotatable bonds is 5. The van der Waals surface area contributed by atoms with E-state index < -0.39 is 0 Å². The van der Waals surface area contributed by atoms with Gasteiger partial charge in [0, 0.05) is 30.4 Å². The number of aromatic hydroxyl groups is 1. The predicted octanol–water partition coefficient (Wildman–Crippen LogP) is 2.42. The largest absolute Gasteiger partial charge is 0.508 e. The lowest BCUT2D eigenvalue weighted by Crippen LogP contribution is -2.21. The average Bonchev–Trinajstić information content (AvgIpc) is 2.30. The minimum absolute atomic E-state index is 0.233. The van der Waals surface area contributed by atoms with Crippen molar-refractivity contribution in [2.45, 2.75) is 19.9 Å². The number of anilines is 1. The summed E-state index contributed by atoms with van der Waals surface area (Å²) in [5.41, 5.74) is 7.52. The van der Waals surface area contributed by atoms with Gasteiger partial charge in [0.15, 0.2) is 0 Å². The summed E-state index contributed by atoms with van der Waals surface area (Å²) >= 11 is 0. The van der Waals surface area contributed by atoms with Crippen LogP contribution in [0, 0.1) is 0 Å². The molecule has 0 radical (unpaired) electrons. The zero-order valence-corrected chi connectivity index (χ0v) is 9.98. The highest BCUT2D eigenvalue weighted by Gasteiger charge is 2.10. The van der Waals surface area contributed by atoms with Crippen molar-refractivity contribution in [1.29, 1.82) is 0 Å². The summed E-state index contributed by atoms with van der Waals surface area (Å²) in [6.45, 7) is 9.63. The van der Waals surface area contributed by atoms with E-state index in [0.717, 1.165) is 18.8 Å². The van der Waals surface area contributed by atoms with Crippen LogP contribution in [-0.4, -0.2) is 18.2 Å². The number of phenols is 1. The molecule has 3 nitrogen and oxygen atoms in total. The summed E-state index contributed by atoms with van der Waals surface area (Å²) in [5, 5.41) is 9.88. The highest BCUT2D eigenvalue weighted by molar-refractivity contribution is 5.54. The maximum Gasteiger partial charge on any atom is 0.122 e. The van der Waals surface area contributed by atoms with Crippen molar-refractivity contribution in [2.24, 2.45) is 5.73 Å². The maximum atomic E-state index is 9.88. The van der Waals surface area contributed by atoms with Crippen molar-refractivity contribution in [3.63, 3.8) is 0 Å². The Labute approximate surface area is 97.2 Å². The molecule has 1 aromatic rings. The number of hydrogen-bond donors (Lipinski definition) is 2. The summed E-state index contributed by atoms with van der Waals surface area (Å²) < 4.78 is 0. The lowest BCUT2D eigenvalue weighted by molar-refractivity contribution is 0.466. The average molecular weight is 220 g/mol. The third kappa shape index (κ3) is 2.55. The Balaban J connectivity index is 3.03. The normalized spacial score (nSPS) is 12.2. The summed E-state index contributed by atoms with van der Waals surface area (Å²) in [5.74, 6) is 0.233. The molecule has 0 saturated heterocycles. The van der Waals surface area contributed by atoms with Gasteiger partial charge in [0.1, 0.15) is 5.75 Å². The van der Waals surface area contributed by atoms with E-state index in [1.165, 1.54) is 0 Å². The van der Waals surface area contributed by atoms with Gasteiger partial charge in [0.2, 0.25) is 0 Å². The molecule has 0 spiro atoms. The lowest BCUT2D eigenvalue weighted by atomic mass is 10.1. The zero-order chi connectivity index (χ0) is 12.1. The van der Waals surface area contributed by atoms with Gasteiger partial charge in [-0.25, -0.2) is 0 Å². The van der Waals surface area contributed by atoms with Gasteiger partial charge in [-0.15, -0.1) is 6.58 Å². The highest BCUT2D eigenvalue weighted by atomic mass is 16.3. The van der Waals surface area contributed by atoms with Gasteiger partial charge >= 0.3 is 0 Å². The molecule has 0 aliphatic heterocycles. The number of hydrogen-bond acceptors (Lipinski definition) is 3. The highest BCUT2D eigenvalue weighted by Crippen LogP contribution is 2.28. The fourth-order valence-electron chi connectivity index (χ4n) is 1.73. The Morgan fingerprint density at radius 3 is 2.50 bits per heavy atom. The van der Waals surface area contributed by atoms with Crippen molar-refractivity contribution in [3.8, 4) is 5.75 Å². The monoisotopic (exact) mass is 220 g/mol. The molecule has 0 saturated carbocycles. The van der Waals surface area contributed by atoms with Crippen LogP contribution in [-0.2, 0) is 0 Å². The van der Waals surface area contributed by atoms with Crippen LogP contribution in [0.2, 0.25) is 0 Å². The second kappa shape index (κ2) is 5.56. The second-order valence-electron chi connectivity index (χ2n) is 3.68. The van der Waals surface area contributed by atoms with E-state index in [1.807, 2.05) is 12.1 Å². The van der Waals surface area contributed by atoms with Crippen molar-refractivity contribution in [1.82, 2.24) is 0 Å². The molecule has 0 fully saturated rings. The topological polar surface area (TPSA) is 49.5 Å². The molecule has 88 valence electrons. The molecule has 0 aromatic heterocycles. The molecular weight excluding hydrogens is 200 g/mol. The lowest BCUT2D eigenvalue weighted by Gasteiger charge is -2.22. The molecule has 0 heterocycles. The molecule has 0 amide bonds. The van der Waals surface area contributed by atoms with Gasteiger partial charge in [0.25, 0.3) is 0 Å². The molecule has 1 atom stereocenters. The smallest absolute Gasteiger partial charge is 0.122 e. The van der Waals surface area contributed by atoms with Crippen LogP contribution in [0.4, 0.5) is 5.69 Å². The Hall–Kier alpha value is -1.48. The van der Waals surface area contributed by atoms with Crippen LogP contribution in [0.1, 0.15) is 25.5 Å². The number of phenolic OH excluding ortho intramolecular Hbond substituents is 1. The van der Waals surface area contributed by atoms with Crippen molar-refractivity contribution in [3.05, 3.63) is 36.4 Å². The van der Waals surface area contributed by atoms with Crippen LogP contribution >= 0.6 is 0 Å². The van der Waals surface area contributed by atoms with Crippen molar-refractivity contribution < 1.29 is 5.11 Å². The Morgan fingerprint density at radius 2 is 2.06 bits per heavy atom. The zero-order valence-electron chi connectivity index (χ0n) is 9.98. The fraction of sp³-hybridized carbons (Fsp3) is 0.385. The molecule has 1 aromatic carbocycles. The van der Waals surface area contributed by atoms with E-state index in [9.17, 15) is 5.11 Å². The van der Waals surface area contributed by atoms with E-state index in [1.54, 1.807) is 12.1 Å². The summed E-state index contributed by atoms with van der Waals surface area (Å²) in [6.07, 6.45) is 1.62. The number of benzene rings is 1. The second-order valence-corrected chi connectivity index (χ2v) is 3.68. The van der Waals surface area contributed by atoms with E-state index >= 15 is 0 Å². The van der Waals surface area contributed by atoms with E-state index in [4.69, 9.17) is 5.73 Å². The van der Waals surface area contributed by atoms with Crippen molar-refractivity contribution >= 4 is 5.69 Å². The summed E-state index contributed by atoms with van der Waals surface area (Å²) in [6, 6.07) is 5.28. The molecule has 1 rings (SSSR count). The third-order valence-electron chi connectivity index (χ3n) is 2.76. The molecular formula is C13H20N2O. The third-order valence-corrected chi connectivity index (χ3v) is 2.76. The Morgan fingerprint density at radius 1 is 1.44 bits per heavy atom. The van der Waals surface area contributed by atoms with E-state index in [2.05, 4.69) is 25.3 Å². The van der Waals surface area contributed by atoms with Crippen LogP contribution in [0.5, 0.6) is 5.75 Å². The van der Waals surface area contributed by atoms with Crippen LogP contribution in [0.25, 0.3) is 0 Å². The first-order valence-electron chi connectivity index (χ1n) is 5.60. The quantitative estimate of drug-likeness (QED) is 0.749. The van der Waals surface area contributed by atoms with E-state index in [0.29, 0.717) is 5.56 Å². The van der Waals surface area contributed by atoms with E-state index in [-0.39, 0.29) is 11.8 Å². The minimum Gasteiger partial charge on any atom is -0.508 e. The summed E-state index contributed by atoms with van der Waals surface area (Å²) in [4.78, 5) is 2.17. The van der Waals surface area contributed by atoms with Crippen LogP contribution < -0.4 is 10.6 Å². The van der Waals surface area contributed by atoms with Crippen LogP contribution in [0.15, 0.2) is 30.9 Å². The first-order valence-corrected chi connectivity index (χ1v) is 5.60. The van der Waals surface area contributed by atoms with Gasteiger partial charge in [-0.05, 0) is 19.9 Å². The first-order chi connectivity index (χ1) is 7.63. The predicted molar refractivity (Wildman–Crippen MR) is 68.8 cm³/mol. The molecule has 3 N–H and O–H groups in total. The van der Waals surface area contributed by atoms with Gasteiger partial charge in [-0.3, -0.25) is 0 Å². The molecule has 0 aliphatic rings. The Bertz CT molecular complexity index is 359. The molecule has 0 bridgehead atoms. The first kappa shape index (κ1) is 12.6. The SMILES string of the molecule is C=C[C@@H](N)c1ccc(N(CC)CC)cc1O. The van der Waals surface area contributed by atoms with Gasteiger partial charge in [-0.2, -0.15) is 0 Å². The Kier molecular flexibility index (Phi) is 4.38. The van der Waals surface area contributed by atoms with Gasteiger partial charge < -0.3 is 15.7 Å². The number of nitrogens with two attached hydrogens (primary N) is 1. The molecule has 3 heteroatoms. The maximum absolute atomic E-state index is 9.88. The molecule has 0 aliphatic carbocycles. The van der Waals surface area contributed by atoms with Gasteiger partial charge in [0.05, 0.1) is 6.04 Å². The van der Waals surface area contributed by atoms with Crippen LogP contribution in [0.3, 0.4) is 0 Å². The minimum atomic E-state index is -0.314. The molecule has 0 unspecified atom stereocenters.